The molecule has 0 spiro atoms. The van der Waals surface area contributed by atoms with Crippen LogP contribution in [0.3, 0.4) is 0 Å². The van der Waals surface area contributed by atoms with E-state index in [0.717, 1.165) is 33.7 Å². The first-order chi connectivity index (χ1) is 8.10. The molecule has 2 rings (SSSR count). The SMILES string of the molecule is CCCc1cc(Cl)nc(-c2cc(Br)c(C)s2)n1. The lowest BCUT2D eigenvalue weighted by Gasteiger charge is -2.02. The molecule has 2 heterocycles. The van der Waals surface area contributed by atoms with Crippen LogP contribution in [0.15, 0.2) is 16.6 Å². The molecular formula is C12H12BrClN2S. The maximum absolute atomic E-state index is 6.02. The van der Waals surface area contributed by atoms with Gasteiger partial charge in [-0.05, 0) is 41.4 Å². The minimum atomic E-state index is 0.514. The Morgan fingerprint density at radius 1 is 1.35 bits per heavy atom. The highest BCUT2D eigenvalue weighted by Gasteiger charge is 2.10. The summed E-state index contributed by atoms with van der Waals surface area (Å²) >= 11 is 11.2. The van der Waals surface area contributed by atoms with Crippen molar-refractivity contribution in [3.63, 3.8) is 0 Å². The highest BCUT2D eigenvalue weighted by atomic mass is 79.9. The molecule has 2 aromatic heterocycles. The number of nitrogens with zero attached hydrogens (tertiary/aromatic N) is 2. The molecule has 0 N–H and O–H groups in total. The predicted molar refractivity (Wildman–Crippen MR) is 76.8 cm³/mol. The number of hydrogen-bond donors (Lipinski definition) is 0. The fourth-order valence-corrected chi connectivity index (χ4v) is 3.20. The summed E-state index contributed by atoms with van der Waals surface area (Å²) in [7, 11) is 0. The number of thiophene rings is 1. The lowest BCUT2D eigenvalue weighted by Crippen LogP contribution is -1.94. The lowest BCUT2D eigenvalue weighted by molar-refractivity contribution is 0.876. The van der Waals surface area contributed by atoms with E-state index in [4.69, 9.17) is 11.6 Å². The van der Waals surface area contributed by atoms with E-state index in [0.29, 0.717) is 5.15 Å². The summed E-state index contributed by atoms with van der Waals surface area (Å²) in [4.78, 5) is 11.1. The third-order valence-electron chi connectivity index (χ3n) is 2.33. The Kier molecular flexibility index (Phi) is 4.17. The third-order valence-corrected chi connectivity index (χ3v) is 4.66. The number of halogens is 2. The summed E-state index contributed by atoms with van der Waals surface area (Å²) < 4.78 is 1.10. The van der Waals surface area contributed by atoms with Gasteiger partial charge in [0.15, 0.2) is 5.82 Å². The van der Waals surface area contributed by atoms with Gasteiger partial charge in [0, 0.05) is 15.0 Å². The monoisotopic (exact) mass is 330 g/mol. The first kappa shape index (κ1) is 13.0. The van der Waals surface area contributed by atoms with Crippen molar-refractivity contribution < 1.29 is 0 Å². The molecular weight excluding hydrogens is 320 g/mol. The Labute approximate surface area is 118 Å². The first-order valence-electron chi connectivity index (χ1n) is 5.40. The standard InChI is InChI=1S/C12H12BrClN2S/c1-3-4-8-5-11(14)16-12(15-8)10-6-9(13)7(2)17-10/h5-6H,3-4H2,1-2H3. The van der Waals surface area contributed by atoms with Crippen molar-refractivity contribution in [2.45, 2.75) is 26.7 Å². The van der Waals surface area contributed by atoms with Crippen LogP contribution < -0.4 is 0 Å². The molecule has 17 heavy (non-hydrogen) atoms. The van der Waals surface area contributed by atoms with Crippen molar-refractivity contribution in [2.75, 3.05) is 0 Å². The zero-order valence-corrected chi connectivity index (χ0v) is 12.8. The van der Waals surface area contributed by atoms with Crippen molar-refractivity contribution in [3.05, 3.63) is 32.3 Å². The normalized spacial score (nSPS) is 10.8. The van der Waals surface area contributed by atoms with E-state index >= 15 is 0 Å². The van der Waals surface area contributed by atoms with Crippen LogP contribution in [-0.2, 0) is 6.42 Å². The fraction of sp³-hybridized carbons (Fsp3) is 0.333. The topological polar surface area (TPSA) is 25.8 Å². The molecule has 0 bridgehead atoms. The molecule has 0 unspecified atom stereocenters. The average Bonchev–Trinajstić information content (AvgIpc) is 2.59. The summed E-state index contributed by atoms with van der Waals surface area (Å²) in [5, 5.41) is 0.514. The smallest absolute Gasteiger partial charge is 0.171 e. The van der Waals surface area contributed by atoms with Crippen LogP contribution in [0.1, 0.15) is 23.9 Å². The molecule has 0 fully saturated rings. The molecule has 0 aliphatic heterocycles. The van der Waals surface area contributed by atoms with Crippen molar-refractivity contribution in [1.29, 1.82) is 0 Å². The Hall–Kier alpha value is -0.450. The van der Waals surface area contributed by atoms with Gasteiger partial charge < -0.3 is 0 Å². The molecule has 2 nitrogen and oxygen atoms in total. The van der Waals surface area contributed by atoms with Crippen LogP contribution in [-0.4, -0.2) is 9.97 Å². The molecule has 0 aliphatic rings. The van der Waals surface area contributed by atoms with Crippen LogP contribution in [0.25, 0.3) is 10.7 Å². The van der Waals surface area contributed by atoms with E-state index in [1.54, 1.807) is 11.3 Å². The molecule has 0 atom stereocenters. The van der Waals surface area contributed by atoms with Crippen LogP contribution in [0, 0.1) is 6.92 Å². The molecule has 5 heteroatoms. The summed E-state index contributed by atoms with van der Waals surface area (Å²) in [5.74, 6) is 0.722. The number of hydrogen-bond acceptors (Lipinski definition) is 3. The third kappa shape index (κ3) is 3.06. The van der Waals surface area contributed by atoms with Crippen LogP contribution in [0.5, 0.6) is 0 Å². The Bertz CT molecular complexity index is 520. The average molecular weight is 332 g/mol. The van der Waals surface area contributed by atoms with Gasteiger partial charge in [0.2, 0.25) is 0 Å². The number of rotatable bonds is 3. The van der Waals surface area contributed by atoms with Gasteiger partial charge in [-0.15, -0.1) is 11.3 Å². The zero-order chi connectivity index (χ0) is 12.4. The summed E-state index contributed by atoms with van der Waals surface area (Å²) in [6.07, 6.45) is 1.99. The molecule has 0 aliphatic carbocycles. The van der Waals surface area contributed by atoms with E-state index in [1.165, 1.54) is 4.88 Å². The Morgan fingerprint density at radius 3 is 2.71 bits per heavy atom. The van der Waals surface area contributed by atoms with Crippen LogP contribution in [0.2, 0.25) is 5.15 Å². The van der Waals surface area contributed by atoms with Gasteiger partial charge in [-0.2, -0.15) is 0 Å². The number of aryl methyl sites for hydroxylation is 2. The second kappa shape index (κ2) is 5.46. The van der Waals surface area contributed by atoms with E-state index in [2.05, 4.69) is 39.7 Å². The summed E-state index contributed by atoms with van der Waals surface area (Å²) in [6.45, 7) is 4.19. The van der Waals surface area contributed by atoms with Gasteiger partial charge in [0.1, 0.15) is 5.15 Å². The lowest BCUT2D eigenvalue weighted by atomic mass is 10.2. The molecule has 0 saturated carbocycles. The molecule has 2 aromatic rings. The molecule has 0 amide bonds. The number of aromatic nitrogens is 2. The maximum atomic E-state index is 6.02. The van der Waals surface area contributed by atoms with E-state index in [9.17, 15) is 0 Å². The van der Waals surface area contributed by atoms with E-state index < -0.39 is 0 Å². The van der Waals surface area contributed by atoms with Gasteiger partial charge in [0.05, 0.1) is 4.88 Å². The quantitative estimate of drug-likeness (QED) is 0.749. The molecule has 0 saturated heterocycles. The molecule has 0 radical (unpaired) electrons. The molecule has 0 aromatic carbocycles. The van der Waals surface area contributed by atoms with Crippen LogP contribution in [0.4, 0.5) is 0 Å². The fourth-order valence-electron chi connectivity index (χ4n) is 1.53. The molecule has 90 valence electrons. The second-order valence-corrected chi connectivity index (χ2v) is 6.27. The van der Waals surface area contributed by atoms with Crippen molar-refractivity contribution in [1.82, 2.24) is 9.97 Å². The maximum Gasteiger partial charge on any atom is 0.171 e. The first-order valence-corrected chi connectivity index (χ1v) is 7.38. The Morgan fingerprint density at radius 2 is 2.12 bits per heavy atom. The van der Waals surface area contributed by atoms with Gasteiger partial charge in [-0.1, -0.05) is 24.9 Å². The van der Waals surface area contributed by atoms with E-state index in [1.807, 2.05) is 12.1 Å². The minimum absolute atomic E-state index is 0.514. The van der Waals surface area contributed by atoms with Crippen molar-refractivity contribution in [3.8, 4) is 10.7 Å². The highest BCUT2D eigenvalue weighted by molar-refractivity contribution is 9.10. The van der Waals surface area contributed by atoms with Gasteiger partial charge in [0.25, 0.3) is 0 Å². The Balaban J connectivity index is 2.44. The minimum Gasteiger partial charge on any atom is -0.232 e. The van der Waals surface area contributed by atoms with Gasteiger partial charge in [-0.25, -0.2) is 9.97 Å². The van der Waals surface area contributed by atoms with Gasteiger partial charge >= 0.3 is 0 Å². The zero-order valence-electron chi connectivity index (χ0n) is 9.63. The summed E-state index contributed by atoms with van der Waals surface area (Å²) in [5.41, 5.74) is 1.00. The van der Waals surface area contributed by atoms with E-state index in [-0.39, 0.29) is 0 Å². The second-order valence-electron chi connectivity index (χ2n) is 3.77. The van der Waals surface area contributed by atoms with Crippen molar-refractivity contribution >= 4 is 38.9 Å². The summed E-state index contributed by atoms with van der Waals surface area (Å²) in [6, 6.07) is 3.88. The predicted octanol–water partition coefficient (Wildman–Crippen LogP) is 4.88. The largest absolute Gasteiger partial charge is 0.232 e. The highest BCUT2D eigenvalue weighted by Crippen LogP contribution is 2.32. The van der Waals surface area contributed by atoms with Crippen LogP contribution >= 0.6 is 38.9 Å². The van der Waals surface area contributed by atoms with Crippen molar-refractivity contribution in [2.24, 2.45) is 0 Å². The van der Waals surface area contributed by atoms with Gasteiger partial charge in [-0.3, -0.25) is 0 Å².